The van der Waals surface area contributed by atoms with Crippen LogP contribution < -0.4 is 5.32 Å². The molecule has 21 heavy (non-hydrogen) atoms. The molecule has 3 nitrogen and oxygen atoms in total. The normalized spacial score (nSPS) is 12.0. The van der Waals surface area contributed by atoms with Crippen LogP contribution in [0.15, 0.2) is 30.3 Å². The fraction of sp³-hybridized carbons (Fsp3) is 0.312. The highest BCUT2D eigenvalue weighted by Crippen LogP contribution is 2.29. The monoisotopic (exact) mass is 323 g/mol. The number of esters is 1. The minimum absolute atomic E-state index is 0.111. The fourth-order valence-corrected chi connectivity index (χ4v) is 3.17. The summed E-state index contributed by atoms with van der Waals surface area (Å²) >= 11 is 7.74. The second-order valence-corrected chi connectivity index (χ2v) is 6.34. The van der Waals surface area contributed by atoms with Crippen molar-refractivity contribution < 1.29 is 9.53 Å². The van der Waals surface area contributed by atoms with Crippen molar-refractivity contribution in [1.82, 2.24) is 0 Å². The number of carbonyl (C=O) groups excluding carboxylic acids is 1. The number of rotatable bonds is 5. The minimum Gasteiger partial charge on any atom is -0.465 e. The molecule has 0 aliphatic rings. The van der Waals surface area contributed by atoms with Crippen LogP contribution in [0.2, 0.25) is 5.02 Å². The number of thiophene rings is 1. The Bertz CT molecular complexity index is 639. The summed E-state index contributed by atoms with van der Waals surface area (Å²) in [7, 11) is 1.36. The molecule has 0 aliphatic heterocycles. The highest BCUT2D eigenvalue weighted by atomic mass is 35.5. The lowest BCUT2D eigenvalue weighted by molar-refractivity contribution is 0.0602. The molecule has 1 aromatic heterocycles. The van der Waals surface area contributed by atoms with E-state index >= 15 is 0 Å². The van der Waals surface area contributed by atoms with Crippen LogP contribution in [0.1, 0.15) is 40.0 Å². The zero-order valence-electron chi connectivity index (χ0n) is 12.3. The number of carbonyl (C=O) groups is 1. The third-order valence-electron chi connectivity index (χ3n) is 3.22. The summed E-state index contributed by atoms with van der Waals surface area (Å²) in [6.07, 6.45) is 1.03. The van der Waals surface area contributed by atoms with Crippen molar-refractivity contribution in [3.05, 3.63) is 50.7 Å². The largest absolute Gasteiger partial charge is 0.465 e. The quantitative estimate of drug-likeness (QED) is 0.793. The minimum atomic E-state index is -0.396. The Morgan fingerprint density at radius 2 is 2.14 bits per heavy atom. The first kappa shape index (κ1) is 15.9. The van der Waals surface area contributed by atoms with Gasteiger partial charge in [-0.3, -0.25) is 0 Å². The summed E-state index contributed by atoms with van der Waals surface area (Å²) in [4.78, 5) is 14.4. The molecule has 2 aromatic rings. The van der Waals surface area contributed by atoms with E-state index < -0.39 is 5.97 Å². The molecule has 1 N–H and O–H groups in total. The lowest BCUT2D eigenvalue weighted by Crippen LogP contribution is -2.11. The topological polar surface area (TPSA) is 38.3 Å². The van der Waals surface area contributed by atoms with E-state index in [1.54, 1.807) is 29.5 Å². The first-order valence-electron chi connectivity index (χ1n) is 6.78. The number of ether oxygens (including phenoxy) is 1. The molecule has 0 amide bonds. The molecule has 1 aromatic carbocycles. The molecule has 0 saturated carbocycles. The number of hydrogen-bond donors (Lipinski definition) is 1. The van der Waals surface area contributed by atoms with Crippen molar-refractivity contribution in [2.45, 2.75) is 26.3 Å². The number of anilines is 1. The number of halogens is 1. The second-order valence-electron chi connectivity index (χ2n) is 4.71. The molecule has 0 aliphatic carbocycles. The lowest BCUT2D eigenvalue weighted by atomic mass is 10.1. The Kier molecular flexibility index (Phi) is 5.26. The number of hydrogen-bond acceptors (Lipinski definition) is 4. The van der Waals surface area contributed by atoms with Gasteiger partial charge >= 0.3 is 5.97 Å². The van der Waals surface area contributed by atoms with E-state index in [-0.39, 0.29) is 6.04 Å². The molecule has 0 saturated heterocycles. The predicted octanol–water partition coefficient (Wildman–Crippen LogP) is 4.92. The number of methoxy groups -OCH3 is 1. The molecule has 1 unspecified atom stereocenters. The predicted molar refractivity (Wildman–Crippen MR) is 88.5 cm³/mol. The van der Waals surface area contributed by atoms with Crippen molar-refractivity contribution in [2.75, 3.05) is 12.4 Å². The van der Waals surface area contributed by atoms with Crippen molar-refractivity contribution in [3.63, 3.8) is 0 Å². The van der Waals surface area contributed by atoms with Crippen LogP contribution in [0.4, 0.5) is 5.69 Å². The van der Waals surface area contributed by atoms with Gasteiger partial charge in [0.25, 0.3) is 0 Å². The third-order valence-corrected chi connectivity index (χ3v) is 4.86. The molecule has 0 spiro atoms. The molecule has 1 atom stereocenters. The molecule has 112 valence electrons. The first-order valence-corrected chi connectivity index (χ1v) is 7.97. The summed E-state index contributed by atoms with van der Waals surface area (Å²) in [6.45, 7) is 4.21. The maximum Gasteiger partial charge on any atom is 0.340 e. The summed E-state index contributed by atoms with van der Waals surface area (Å²) in [5.74, 6) is -0.396. The Hall–Kier alpha value is -1.52. The van der Waals surface area contributed by atoms with Crippen LogP contribution >= 0.6 is 22.9 Å². The van der Waals surface area contributed by atoms with E-state index in [1.165, 1.54) is 16.9 Å². The molecular formula is C16H18ClNO2S. The highest BCUT2D eigenvalue weighted by molar-refractivity contribution is 7.12. The van der Waals surface area contributed by atoms with Gasteiger partial charge in [-0.15, -0.1) is 11.3 Å². The zero-order valence-corrected chi connectivity index (χ0v) is 13.8. The van der Waals surface area contributed by atoms with Gasteiger partial charge in [0.1, 0.15) is 0 Å². The Morgan fingerprint density at radius 1 is 1.38 bits per heavy atom. The lowest BCUT2D eigenvalue weighted by Gasteiger charge is -2.16. The van der Waals surface area contributed by atoms with Crippen molar-refractivity contribution in [1.29, 1.82) is 0 Å². The highest BCUT2D eigenvalue weighted by Gasteiger charge is 2.15. The van der Waals surface area contributed by atoms with Gasteiger partial charge in [-0.2, -0.15) is 0 Å². The van der Waals surface area contributed by atoms with Crippen molar-refractivity contribution in [2.24, 2.45) is 0 Å². The van der Waals surface area contributed by atoms with Crippen LogP contribution in [0.25, 0.3) is 0 Å². The maximum atomic E-state index is 11.8. The van der Waals surface area contributed by atoms with Gasteiger partial charge in [0.05, 0.1) is 18.7 Å². The van der Waals surface area contributed by atoms with Crippen LogP contribution in [0, 0.1) is 0 Å². The second kappa shape index (κ2) is 6.96. The molecular weight excluding hydrogens is 306 g/mol. The van der Waals surface area contributed by atoms with Crippen molar-refractivity contribution in [3.8, 4) is 0 Å². The Labute approximate surface area is 133 Å². The number of nitrogens with one attached hydrogen (secondary N) is 1. The Morgan fingerprint density at radius 3 is 2.76 bits per heavy atom. The molecule has 5 heteroatoms. The zero-order chi connectivity index (χ0) is 15.4. The van der Waals surface area contributed by atoms with E-state index in [4.69, 9.17) is 16.3 Å². The van der Waals surface area contributed by atoms with Gasteiger partial charge in [-0.1, -0.05) is 18.5 Å². The van der Waals surface area contributed by atoms with Crippen LogP contribution in [0.3, 0.4) is 0 Å². The molecule has 2 rings (SSSR count). The molecule has 0 radical (unpaired) electrons. The average molecular weight is 324 g/mol. The number of aryl methyl sites for hydroxylation is 1. The van der Waals surface area contributed by atoms with E-state index in [2.05, 4.69) is 31.3 Å². The van der Waals surface area contributed by atoms with Gasteiger partial charge in [-0.25, -0.2) is 4.79 Å². The SMILES string of the molecule is CCc1ccc(C(C)Nc2ccc(Cl)cc2C(=O)OC)s1. The van der Waals surface area contributed by atoms with E-state index in [1.807, 2.05) is 0 Å². The fourth-order valence-electron chi connectivity index (χ4n) is 2.04. The van der Waals surface area contributed by atoms with E-state index in [0.29, 0.717) is 10.6 Å². The molecule has 0 bridgehead atoms. The van der Waals surface area contributed by atoms with Gasteiger partial charge in [0.15, 0.2) is 0 Å². The van der Waals surface area contributed by atoms with Crippen LogP contribution in [0.5, 0.6) is 0 Å². The van der Waals surface area contributed by atoms with Gasteiger partial charge in [-0.05, 0) is 43.7 Å². The summed E-state index contributed by atoms with van der Waals surface area (Å²) < 4.78 is 4.81. The number of benzene rings is 1. The smallest absolute Gasteiger partial charge is 0.340 e. The maximum absolute atomic E-state index is 11.8. The molecule has 1 heterocycles. The van der Waals surface area contributed by atoms with Gasteiger partial charge in [0.2, 0.25) is 0 Å². The average Bonchev–Trinajstić information content (AvgIpc) is 2.97. The summed E-state index contributed by atoms with van der Waals surface area (Å²) in [6, 6.07) is 9.55. The van der Waals surface area contributed by atoms with Gasteiger partial charge < -0.3 is 10.1 Å². The summed E-state index contributed by atoms with van der Waals surface area (Å²) in [5, 5.41) is 3.87. The first-order chi connectivity index (χ1) is 10.0. The Balaban J connectivity index is 2.24. The van der Waals surface area contributed by atoms with E-state index in [0.717, 1.165) is 12.1 Å². The summed E-state index contributed by atoms with van der Waals surface area (Å²) in [5.41, 5.74) is 1.18. The van der Waals surface area contributed by atoms with E-state index in [9.17, 15) is 4.79 Å². The van der Waals surface area contributed by atoms with Gasteiger partial charge in [0, 0.05) is 20.5 Å². The standard InChI is InChI=1S/C16H18ClNO2S/c1-4-12-6-8-15(21-12)10(2)18-14-7-5-11(17)9-13(14)16(19)20-3/h5-10,18H,4H2,1-3H3. The van der Waals surface area contributed by atoms with Crippen LogP contribution in [-0.2, 0) is 11.2 Å². The molecule has 0 fully saturated rings. The van der Waals surface area contributed by atoms with Crippen molar-refractivity contribution >= 4 is 34.6 Å². The van der Waals surface area contributed by atoms with Crippen LogP contribution in [-0.4, -0.2) is 13.1 Å². The third kappa shape index (κ3) is 3.77.